The van der Waals surface area contributed by atoms with Crippen molar-refractivity contribution in [2.75, 3.05) is 23.9 Å². The molecule has 0 aliphatic carbocycles. The number of nitrogens with one attached hydrogen (secondary N) is 1. The summed E-state index contributed by atoms with van der Waals surface area (Å²) >= 11 is 1.31. The van der Waals surface area contributed by atoms with E-state index < -0.39 is 0 Å². The number of amides is 2. The van der Waals surface area contributed by atoms with Gasteiger partial charge in [-0.05, 0) is 42.3 Å². The monoisotopic (exact) mass is 422 g/mol. The number of carbonyl (C=O) groups is 2. The van der Waals surface area contributed by atoms with Crippen LogP contribution in [-0.4, -0.2) is 35.7 Å². The summed E-state index contributed by atoms with van der Waals surface area (Å²) in [7, 11) is 1.58. The zero-order chi connectivity index (χ0) is 21.1. The second-order valence-electron chi connectivity index (χ2n) is 7.02. The van der Waals surface area contributed by atoms with E-state index in [1.165, 1.54) is 11.3 Å². The summed E-state index contributed by atoms with van der Waals surface area (Å²) in [5, 5.41) is 12.3. The van der Waals surface area contributed by atoms with E-state index >= 15 is 0 Å². The quantitative estimate of drug-likeness (QED) is 0.652. The van der Waals surface area contributed by atoms with Crippen LogP contribution in [0.25, 0.3) is 0 Å². The second-order valence-corrected chi connectivity index (χ2v) is 8.02. The lowest BCUT2D eigenvalue weighted by Gasteiger charge is -2.19. The first kappa shape index (κ1) is 20.0. The molecular weight excluding hydrogens is 400 g/mol. The van der Waals surface area contributed by atoms with Gasteiger partial charge in [0.15, 0.2) is 0 Å². The highest BCUT2D eigenvalue weighted by Gasteiger charge is 2.34. The molecule has 0 unspecified atom stereocenters. The predicted octanol–water partition coefficient (Wildman–Crippen LogP) is 3.88. The Kier molecular flexibility index (Phi) is 5.76. The summed E-state index contributed by atoms with van der Waals surface area (Å²) in [6.45, 7) is 2.65. The van der Waals surface area contributed by atoms with Crippen molar-refractivity contribution in [3.8, 4) is 5.75 Å². The molecule has 8 heteroatoms. The molecule has 7 nitrogen and oxygen atoms in total. The number of benzene rings is 2. The van der Waals surface area contributed by atoms with Gasteiger partial charge in [-0.25, -0.2) is 0 Å². The first-order valence-electron chi connectivity index (χ1n) is 9.76. The summed E-state index contributed by atoms with van der Waals surface area (Å²) in [6, 6.07) is 14.8. The molecular formula is C22H22N4O3S. The Bertz CT molecular complexity index is 1060. The van der Waals surface area contributed by atoms with Crippen LogP contribution in [0.1, 0.15) is 40.2 Å². The Morgan fingerprint density at radius 1 is 1.20 bits per heavy atom. The lowest BCUT2D eigenvalue weighted by molar-refractivity contribution is -0.117. The van der Waals surface area contributed by atoms with E-state index in [9.17, 15) is 9.59 Å². The molecule has 1 aliphatic heterocycles. The summed E-state index contributed by atoms with van der Waals surface area (Å²) in [5.41, 5.74) is 2.62. The maximum absolute atomic E-state index is 12.7. The molecule has 0 saturated carbocycles. The molecule has 3 aromatic rings. The van der Waals surface area contributed by atoms with Gasteiger partial charge < -0.3 is 9.64 Å². The lowest BCUT2D eigenvalue weighted by Crippen LogP contribution is -2.25. The van der Waals surface area contributed by atoms with Crippen molar-refractivity contribution in [3.63, 3.8) is 0 Å². The maximum atomic E-state index is 12.7. The van der Waals surface area contributed by atoms with Crippen LogP contribution in [0.2, 0.25) is 0 Å². The maximum Gasteiger partial charge on any atom is 0.257 e. The fraction of sp³-hybridized carbons (Fsp3) is 0.273. The molecule has 30 heavy (non-hydrogen) atoms. The molecule has 1 aliphatic rings. The highest BCUT2D eigenvalue weighted by Crippen LogP contribution is 2.35. The van der Waals surface area contributed by atoms with Crippen LogP contribution in [0.4, 0.5) is 10.8 Å². The van der Waals surface area contributed by atoms with Gasteiger partial charge in [0.05, 0.1) is 7.11 Å². The molecule has 1 N–H and O–H groups in total. The normalized spacial score (nSPS) is 16.0. The van der Waals surface area contributed by atoms with Gasteiger partial charge in [0, 0.05) is 30.1 Å². The first-order valence-corrected chi connectivity index (χ1v) is 10.6. The van der Waals surface area contributed by atoms with Gasteiger partial charge in [0.25, 0.3) is 5.91 Å². The zero-order valence-corrected chi connectivity index (χ0v) is 17.6. The number of aryl methyl sites for hydroxylation is 1. The smallest absolute Gasteiger partial charge is 0.257 e. The molecule has 0 bridgehead atoms. The molecule has 2 heterocycles. The summed E-state index contributed by atoms with van der Waals surface area (Å²) < 4.78 is 5.11. The average Bonchev–Trinajstić information content (AvgIpc) is 3.40. The zero-order valence-electron chi connectivity index (χ0n) is 16.8. The van der Waals surface area contributed by atoms with Crippen molar-refractivity contribution in [2.24, 2.45) is 0 Å². The molecule has 0 spiro atoms. The van der Waals surface area contributed by atoms with Gasteiger partial charge in [-0.15, -0.1) is 10.2 Å². The standard InChI is InChI=1S/C22H22N4O3S/c1-3-14-6-4-5-7-18(14)26-13-16(12-19(26)27)21-24-25-22(30-21)23-20(28)15-8-10-17(29-2)11-9-15/h4-11,16H,3,12-13H2,1-2H3,(H,23,25,28)/t16-/m1/s1. The Morgan fingerprint density at radius 2 is 1.97 bits per heavy atom. The molecule has 4 rings (SSSR count). The molecule has 1 atom stereocenters. The number of anilines is 2. The van der Waals surface area contributed by atoms with Crippen molar-refractivity contribution in [1.29, 1.82) is 0 Å². The minimum absolute atomic E-state index is 0.0356. The molecule has 154 valence electrons. The van der Waals surface area contributed by atoms with Gasteiger partial charge in [0.2, 0.25) is 11.0 Å². The van der Waals surface area contributed by atoms with Crippen LogP contribution in [0, 0.1) is 0 Å². The SMILES string of the molecule is CCc1ccccc1N1C[C@H](c2nnc(NC(=O)c3ccc(OC)cc3)s2)CC1=O. The number of hydrogen-bond donors (Lipinski definition) is 1. The van der Waals surface area contributed by atoms with Gasteiger partial charge in [-0.3, -0.25) is 14.9 Å². The van der Waals surface area contributed by atoms with Gasteiger partial charge in [0.1, 0.15) is 10.8 Å². The number of ether oxygens (including phenoxy) is 1. The van der Waals surface area contributed by atoms with Gasteiger partial charge >= 0.3 is 0 Å². The highest BCUT2D eigenvalue weighted by molar-refractivity contribution is 7.15. The third kappa shape index (κ3) is 4.04. The predicted molar refractivity (Wildman–Crippen MR) is 116 cm³/mol. The second kappa shape index (κ2) is 8.62. The minimum Gasteiger partial charge on any atom is -0.497 e. The largest absolute Gasteiger partial charge is 0.497 e. The van der Waals surface area contributed by atoms with Crippen LogP contribution in [0.5, 0.6) is 5.75 Å². The number of methoxy groups -OCH3 is 1. The van der Waals surface area contributed by atoms with E-state index in [-0.39, 0.29) is 17.7 Å². The van der Waals surface area contributed by atoms with Crippen molar-refractivity contribution >= 4 is 34.0 Å². The number of para-hydroxylation sites is 1. The molecule has 1 aromatic heterocycles. The van der Waals surface area contributed by atoms with Crippen molar-refractivity contribution in [3.05, 3.63) is 64.7 Å². The Balaban J connectivity index is 1.45. The number of hydrogen-bond acceptors (Lipinski definition) is 6. The number of carbonyl (C=O) groups excluding carboxylic acids is 2. The van der Waals surface area contributed by atoms with Crippen molar-refractivity contribution in [2.45, 2.75) is 25.7 Å². The molecule has 1 saturated heterocycles. The lowest BCUT2D eigenvalue weighted by atomic mass is 10.1. The minimum atomic E-state index is -0.263. The molecule has 2 aromatic carbocycles. The molecule has 1 fully saturated rings. The van der Waals surface area contributed by atoms with E-state index in [4.69, 9.17) is 4.74 Å². The van der Waals surface area contributed by atoms with Crippen LogP contribution in [-0.2, 0) is 11.2 Å². The number of rotatable bonds is 6. The Labute approximate surface area is 178 Å². The highest BCUT2D eigenvalue weighted by atomic mass is 32.1. The van der Waals surface area contributed by atoms with E-state index in [1.807, 2.05) is 29.2 Å². The Morgan fingerprint density at radius 3 is 2.70 bits per heavy atom. The van der Waals surface area contributed by atoms with Crippen molar-refractivity contribution in [1.82, 2.24) is 10.2 Å². The third-order valence-corrected chi connectivity index (χ3v) is 6.15. The summed E-state index contributed by atoms with van der Waals surface area (Å²) in [5.74, 6) is 0.470. The molecule has 0 radical (unpaired) electrons. The van der Waals surface area contributed by atoms with Gasteiger partial charge in [-0.1, -0.05) is 36.5 Å². The summed E-state index contributed by atoms with van der Waals surface area (Å²) in [6.07, 6.45) is 1.25. The van der Waals surface area contributed by atoms with E-state index in [0.717, 1.165) is 22.7 Å². The number of aromatic nitrogens is 2. The molecule has 2 amide bonds. The Hall–Kier alpha value is -3.26. The number of nitrogens with zero attached hydrogens (tertiary/aromatic N) is 3. The first-order chi connectivity index (χ1) is 14.6. The average molecular weight is 423 g/mol. The van der Waals surface area contributed by atoms with Crippen LogP contribution in [0.15, 0.2) is 48.5 Å². The van der Waals surface area contributed by atoms with Crippen molar-refractivity contribution < 1.29 is 14.3 Å². The fourth-order valence-electron chi connectivity index (χ4n) is 3.54. The topological polar surface area (TPSA) is 84.4 Å². The van der Waals surface area contributed by atoms with E-state index in [1.54, 1.807) is 31.4 Å². The van der Waals surface area contributed by atoms with Crippen LogP contribution >= 0.6 is 11.3 Å². The summed E-state index contributed by atoms with van der Waals surface area (Å²) in [4.78, 5) is 26.9. The third-order valence-electron chi connectivity index (χ3n) is 5.15. The van der Waals surface area contributed by atoms with Crippen LogP contribution < -0.4 is 15.0 Å². The van der Waals surface area contributed by atoms with Gasteiger partial charge in [-0.2, -0.15) is 0 Å². The van der Waals surface area contributed by atoms with E-state index in [0.29, 0.717) is 29.4 Å². The fourth-order valence-corrected chi connectivity index (χ4v) is 4.37. The van der Waals surface area contributed by atoms with E-state index in [2.05, 4.69) is 22.4 Å². The van der Waals surface area contributed by atoms with Crippen LogP contribution in [0.3, 0.4) is 0 Å².